The molecule has 1 aliphatic rings. The summed E-state index contributed by atoms with van der Waals surface area (Å²) in [4.78, 5) is 36.4. The Hall–Kier alpha value is -3.88. The third-order valence-electron chi connectivity index (χ3n) is 5.28. The second-order valence-electron chi connectivity index (χ2n) is 7.82. The van der Waals surface area contributed by atoms with Gasteiger partial charge in [-0.15, -0.1) is 0 Å². The normalized spacial score (nSPS) is 14.5. The fourth-order valence-corrected chi connectivity index (χ4v) is 5.88. The standard InChI is InChI=1S/C25H19BrN2O9S2/c1-35-21-14-16(13-20(26)23(21)37-39(33,34)19-9-7-17(8-10-19)28(31)32)15-22-24(29)27(25(30)38-22)11-12-36-18-5-3-2-4-6-18/h2-10,13-15H,11-12H2,1H3/b22-15-. The minimum absolute atomic E-state index is 0.0246. The molecule has 0 radical (unpaired) electrons. The van der Waals surface area contributed by atoms with Crippen molar-refractivity contribution in [3.05, 3.63) is 91.8 Å². The number of hydrogen-bond donors (Lipinski definition) is 0. The van der Waals surface area contributed by atoms with Gasteiger partial charge in [-0.1, -0.05) is 18.2 Å². The molecule has 4 rings (SSSR count). The Kier molecular flexibility index (Phi) is 8.57. The summed E-state index contributed by atoms with van der Waals surface area (Å²) in [7, 11) is -3.06. The Bertz CT molecular complexity index is 1560. The average molecular weight is 635 g/mol. The summed E-state index contributed by atoms with van der Waals surface area (Å²) in [6, 6.07) is 16.2. The second-order valence-corrected chi connectivity index (χ2v) is 11.2. The first kappa shape index (κ1) is 28.1. The van der Waals surface area contributed by atoms with Gasteiger partial charge in [-0.2, -0.15) is 8.42 Å². The van der Waals surface area contributed by atoms with Crippen molar-refractivity contribution in [2.45, 2.75) is 4.90 Å². The molecule has 0 aromatic heterocycles. The van der Waals surface area contributed by atoms with E-state index in [1.165, 1.54) is 25.3 Å². The monoisotopic (exact) mass is 634 g/mol. The first-order valence-corrected chi connectivity index (χ1v) is 14.1. The van der Waals surface area contributed by atoms with E-state index in [0.717, 1.165) is 40.9 Å². The predicted molar refractivity (Wildman–Crippen MR) is 146 cm³/mol. The largest absolute Gasteiger partial charge is 0.493 e. The van der Waals surface area contributed by atoms with Gasteiger partial charge in [-0.25, -0.2) is 0 Å². The average Bonchev–Trinajstić information content (AvgIpc) is 3.17. The van der Waals surface area contributed by atoms with E-state index >= 15 is 0 Å². The number of para-hydroxylation sites is 1. The first-order chi connectivity index (χ1) is 18.6. The maximum atomic E-state index is 12.9. The fourth-order valence-electron chi connectivity index (χ4n) is 3.41. The second kappa shape index (κ2) is 11.9. The maximum absolute atomic E-state index is 12.9. The van der Waals surface area contributed by atoms with Gasteiger partial charge in [0.1, 0.15) is 17.3 Å². The molecular formula is C25H19BrN2O9S2. The van der Waals surface area contributed by atoms with E-state index in [1.54, 1.807) is 12.1 Å². The molecule has 11 nitrogen and oxygen atoms in total. The zero-order chi connectivity index (χ0) is 28.2. The van der Waals surface area contributed by atoms with Crippen LogP contribution in [0.4, 0.5) is 10.5 Å². The summed E-state index contributed by atoms with van der Waals surface area (Å²) in [5.74, 6) is -0.0107. The Balaban J connectivity index is 1.51. The number of benzene rings is 3. The number of nitro groups is 1. The van der Waals surface area contributed by atoms with Gasteiger partial charge < -0.3 is 13.7 Å². The Morgan fingerprint density at radius 3 is 2.41 bits per heavy atom. The number of hydrogen-bond acceptors (Lipinski definition) is 10. The number of amides is 2. The summed E-state index contributed by atoms with van der Waals surface area (Å²) in [6.45, 7) is 0.196. The van der Waals surface area contributed by atoms with Crippen molar-refractivity contribution in [2.75, 3.05) is 20.3 Å². The van der Waals surface area contributed by atoms with Crippen LogP contribution in [0.3, 0.4) is 0 Å². The number of rotatable bonds is 10. The maximum Gasteiger partial charge on any atom is 0.339 e. The quantitative estimate of drug-likeness (QED) is 0.126. The number of ether oxygens (including phenoxy) is 2. The van der Waals surface area contributed by atoms with Crippen molar-refractivity contribution in [1.29, 1.82) is 0 Å². The van der Waals surface area contributed by atoms with Crippen LogP contribution in [0.1, 0.15) is 5.56 Å². The number of methoxy groups -OCH3 is 1. The summed E-state index contributed by atoms with van der Waals surface area (Å²) in [5, 5.41) is 10.4. The number of nitro benzene ring substituents is 1. The van der Waals surface area contributed by atoms with Crippen LogP contribution in [0.15, 0.2) is 81.0 Å². The molecule has 14 heteroatoms. The van der Waals surface area contributed by atoms with Crippen LogP contribution in [0.2, 0.25) is 0 Å². The molecule has 0 N–H and O–H groups in total. The van der Waals surface area contributed by atoms with Crippen LogP contribution in [0.25, 0.3) is 6.08 Å². The van der Waals surface area contributed by atoms with Crippen LogP contribution in [0, 0.1) is 10.1 Å². The highest BCUT2D eigenvalue weighted by molar-refractivity contribution is 9.10. The lowest BCUT2D eigenvalue weighted by atomic mass is 10.2. The van der Waals surface area contributed by atoms with Crippen LogP contribution in [0.5, 0.6) is 17.2 Å². The van der Waals surface area contributed by atoms with Gasteiger partial charge in [0.05, 0.1) is 28.0 Å². The van der Waals surface area contributed by atoms with Crippen molar-refractivity contribution in [1.82, 2.24) is 4.90 Å². The van der Waals surface area contributed by atoms with Gasteiger partial charge >= 0.3 is 10.1 Å². The molecule has 1 aliphatic heterocycles. The van der Waals surface area contributed by atoms with Crippen LogP contribution in [-0.4, -0.2) is 49.6 Å². The molecule has 0 unspecified atom stereocenters. The molecule has 1 saturated heterocycles. The molecule has 0 bridgehead atoms. The molecule has 3 aromatic carbocycles. The Morgan fingerprint density at radius 2 is 1.77 bits per heavy atom. The minimum Gasteiger partial charge on any atom is -0.493 e. The Morgan fingerprint density at radius 1 is 1.08 bits per heavy atom. The summed E-state index contributed by atoms with van der Waals surface area (Å²) >= 11 is 4.03. The summed E-state index contributed by atoms with van der Waals surface area (Å²) < 4.78 is 41.9. The van der Waals surface area contributed by atoms with E-state index in [1.807, 2.05) is 18.2 Å². The van der Waals surface area contributed by atoms with Gasteiger partial charge in [-0.05, 0) is 75.7 Å². The van der Waals surface area contributed by atoms with Crippen LogP contribution < -0.4 is 13.7 Å². The molecule has 1 heterocycles. The topological polar surface area (TPSA) is 142 Å². The molecule has 0 spiro atoms. The van der Waals surface area contributed by atoms with Crippen LogP contribution in [-0.2, 0) is 14.9 Å². The zero-order valence-electron chi connectivity index (χ0n) is 20.1. The van der Waals surface area contributed by atoms with Gasteiger partial charge in [0.25, 0.3) is 16.8 Å². The lowest BCUT2D eigenvalue weighted by Crippen LogP contribution is -2.32. The van der Waals surface area contributed by atoms with Crippen LogP contribution >= 0.6 is 27.7 Å². The third-order valence-corrected chi connectivity index (χ3v) is 8.01. The van der Waals surface area contributed by atoms with Crippen molar-refractivity contribution in [3.63, 3.8) is 0 Å². The molecule has 1 fully saturated rings. The number of carbonyl (C=O) groups is 2. The molecule has 0 saturated carbocycles. The van der Waals surface area contributed by atoms with Gasteiger partial charge in [-0.3, -0.25) is 24.6 Å². The smallest absolute Gasteiger partial charge is 0.339 e. The van der Waals surface area contributed by atoms with E-state index < -0.39 is 26.2 Å². The fraction of sp³-hybridized carbons (Fsp3) is 0.120. The van der Waals surface area contributed by atoms with Gasteiger partial charge in [0, 0.05) is 12.1 Å². The molecule has 0 aliphatic carbocycles. The molecule has 2 amide bonds. The number of non-ortho nitro benzene ring substituents is 1. The number of imide groups is 1. The highest BCUT2D eigenvalue weighted by Gasteiger charge is 2.35. The van der Waals surface area contributed by atoms with E-state index in [9.17, 15) is 28.1 Å². The van der Waals surface area contributed by atoms with Gasteiger partial charge in [0.15, 0.2) is 11.5 Å². The van der Waals surface area contributed by atoms with E-state index in [0.29, 0.717) is 11.3 Å². The molecule has 202 valence electrons. The number of thioether (sulfide) groups is 1. The van der Waals surface area contributed by atoms with Crippen molar-refractivity contribution >= 4 is 60.7 Å². The van der Waals surface area contributed by atoms with Gasteiger partial charge in [0.2, 0.25) is 0 Å². The summed E-state index contributed by atoms with van der Waals surface area (Å²) in [5.41, 5.74) is 0.162. The predicted octanol–water partition coefficient (Wildman–Crippen LogP) is 5.25. The third kappa shape index (κ3) is 6.58. The lowest BCUT2D eigenvalue weighted by Gasteiger charge is -2.14. The van der Waals surface area contributed by atoms with Crippen molar-refractivity contribution in [2.24, 2.45) is 0 Å². The first-order valence-electron chi connectivity index (χ1n) is 11.1. The SMILES string of the molecule is COc1cc(/C=C2\SC(=O)N(CCOc3ccccc3)C2=O)cc(Br)c1OS(=O)(=O)c1ccc([N+](=O)[O-])cc1. The Labute approximate surface area is 235 Å². The zero-order valence-corrected chi connectivity index (χ0v) is 23.3. The minimum atomic E-state index is -4.37. The molecule has 3 aromatic rings. The highest BCUT2D eigenvalue weighted by atomic mass is 79.9. The summed E-state index contributed by atoms with van der Waals surface area (Å²) in [6.07, 6.45) is 1.48. The van der Waals surface area contributed by atoms with Crippen molar-refractivity contribution < 1.29 is 36.6 Å². The number of nitrogens with zero attached hydrogens (tertiary/aromatic N) is 2. The molecule has 39 heavy (non-hydrogen) atoms. The van der Waals surface area contributed by atoms with E-state index in [-0.39, 0.29) is 44.6 Å². The number of halogens is 1. The lowest BCUT2D eigenvalue weighted by molar-refractivity contribution is -0.384. The molecule has 0 atom stereocenters. The van der Waals surface area contributed by atoms with Crippen molar-refractivity contribution in [3.8, 4) is 17.2 Å². The van der Waals surface area contributed by atoms with E-state index in [2.05, 4.69) is 15.9 Å². The highest BCUT2D eigenvalue weighted by Crippen LogP contribution is 2.40. The molecular weight excluding hydrogens is 616 g/mol. The number of carbonyl (C=O) groups excluding carboxylic acids is 2. The van der Waals surface area contributed by atoms with E-state index in [4.69, 9.17) is 13.7 Å².